The van der Waals surface area contributed by atoms with Crippen LogP contribution in [-0.2, 0) is 14.8 Å². The van der Waals surface area contributed by atoms with Crippen LogP contribution in [0.4, 0.5) is 4.79 Å². The van der Waals surface area contributed by atoms with Crippen LogP contribution in [0.5, 0.6) is 5.75 Å². The number of sulfonamides is 1. The molecule has 0 aliphatic carbocycles. The first kappa shape index (κ1) is 20.5. The van der Waals surface area contributed by atoms with Gasteiger partial charge in [-0.15, -0.1) is 5.92 Å². The number of carbonyl (C=O) groups is 1. The third-order valence-electron chi connectivity index (χ3n) is 5.60. The molecule has 0 radical (unpaired) electrons. The molecule has 1 aromatic rings. The van der Waals surface area contributed by atoms with Crippen molar-refractivity contribution in [3.05, 3.63) is 24.3 Å². The first-order valence-corrected chi connectivity index (χ1v) is 10.8. The summed E-state index contributed by atoms with van der Waals surface area (Å²) in [6.45, 7) is 3.95. The van der Waals surface area contributed by atoms with Crippen LogP contribution in [0.3, 0.4) is 0 Å². The van der Waals surface area contributed by atoms with Crippen molar-refractivity contribution in [2.75, 3.05) is 39.9 Å². The number of carbonyl (C=O) groups excluding carboxylic acids is 1. The molecule has 2 saturated heterocycles. The minimum absolute atomic E-state index is 0.0319. The van der Waals surface area contributed by atoms with Gasteiger partial charge in [0.15, 0.2) is 6.61 Å². The number of nitrogens with zero attached hydrogens (tertiary/aromatic N) is 2. The van der Waals surface area contributed by atoms with Crippen LogP contribution in [0.15, 0.2) is 29.2 Å². The zero-order valence-electron chi connectivity index (χ0n) is 16.3. The summed E-state index contributed by atoms with van der Waals surface area (Å²) in [7, 11) is -2.04. The second-order valence-electron chi connectivity index (χ2n) is 7.24. The summed E-state index contributed by atoms with van der Waals surface area (Å²) in [6, 6.07) is 6.55. The van der Waals surface area contributed by atoms with E-state index >= 15 is 0 Å². The molecular formula is C20H26N2O5S. The number of likely N-dealkylation sites (tertiary alicyclic amines) is 1. The van der Waals surface area contributed by atoms with Crippen molar-refractivity contribution in [2.24, 2.45) is 5.41 Å². The summed E-state index contributed by atoms with van der Waals surface area (Å²) >= 11 is 0. The van der Waals surface area contributed by atoms with Gasteiger partial charge in [-0.1, -0.05) is 12.0 Å². The van der Waals surface area contributed by atoms with Crippen molar-refractivity contribution < 1.29 is 22.7 Å². The standard InChI is InChI=1S/C20H26N2O5S/c1-3-4-14-27-19(23)21-11-8-20(16-21)9-12-22(13-10-20)28(24,25)18-7-5-6-17(15-18)26-2/h5-7,15H,8-14,16H2,1-2H3. The van der Waals surface area contributed by atoms with Crippen LogP contribution in [-0.4, -0.2) is 63.6 Å². The highest BCUT2D eigenvalue weighted by Gasteiger charge is 2.44. The van der Waals surface area contributed by atoms with E-state index in [-0.39, 0.29) is 23.0 Å². The zero-order valence-corrected chi connectivity index (χ0v) is 17.1. The number of methoxy groups -OCH3 is 1. The van der Waals surface area contributed by atoms with Crippen molar-refractivity contribution >= 4 is 16.1 Å². The van der Waals surface area contributed by atoms with E-state index in [1.54, 1.807) is 36.1 Å². The van der Waals surface area contributed by atoms with E-state index in [0.29, 0.717) is 31.9 Å². The van der Waals surface area contributed by atoms with Gasteiger partial charge in [0.25, 0.3) is 0 Å². The van der Waals surface area contributed by atoms with Gasteiger partial charge in [0.1, 0.15) is 5.75 Å². The van der Waals surface area contributed by atoms with Crippen molar-refractivity contribution in [2.45, 2.75) is 31.1 Å². The minimum Gasteiger partial charge on any atom is -0.497 e. The maximum atomic E-state index is 13.0. The Kier molecular flexibility index (Phi) is 6.16. The summed E-state index contributed by atoms with van der Waals surface area (Å²) in [4.78, 5) is 14.1. The van der Waals surface area contributed by atoms with Gasteiger partial charge >= 0.3 is 6.09 Å². The number of hydrogen-bond acceptors (Lipinski definition) is 5. The van der Waals surface area contributed by atoms with Crippen LogP contribution < -0.4 is 4.74 Å². The molecule has 28 heavy (non-hydrogen) atoms. The van der Waals surface area contributed by atoms with E-state index in [4.69, 9.17) is 9.47 Å². The molecule has 152 valence electrons. The highest BCUT2D eigenvalue weighted by Crippen LogP contribution is 2.41. The second kappa shape index (κ2) is 8.41. The third kappa shape index (κ3) is 4.26. The first-order valence-electron chi connectivity index (χ1n) is 9.36. The summed E-state index contributed by atoms with van der Waals surface area (Å²) in [6.07, 6.45) is 1.99. The van der Waals surface area contributed by atoms with Crippen LogP contribution >= 0.6 is 0 Å². The van der Waals surface area contributed by atoms with Crippen LogP contribution in [0.1, 0.15) is 26.2 Å². The van der Waals surface area contributed by atoms with E-state index in [1.165, 1.54) is 11.4 Å². The summed E-state index contributed by atoms with van der Waals surface area (Å²) in [5.41, 5.74) is -0.0319. The summed E-state index contributed by atoms with van der Waals surface area (Å²) in [5, 5.41) is 0. The molecule has 1 spiro atoms. The highest BCUT2D eigenvalue weighted by molar-refractivity contribution is 7.89. The van der Waals surface area contributed by atoms with E-state index in [9.17, 15) is 13.2 Å². The topological polar surface area (TPSA) is 76.2 Å². The van der Waals surface area contributed by atoms with E-state index in [2.05, 4.69) is 11.8 Å². The lowest BCUT2D eigenvalue weighted by molar-refractivity contribution is 0.108. The quantitative estimate of drug-likeness (QED) is 0.718. The number of ether oxygens (including phenoxy) is 2. The lowest BCUT2D eigenvalue weighted by atomic mass is 9.78. The number of benzene rings is 1. The van der Waals surface area contributed by atoms with Crippen LogP contribution in [0, 0.1) is 17.3 Å². The highest BCUT2D eigenvalue weighted by atomic mass is 32.2. The minimum atomic E-state index is -3.55. The molecule has 0 atom stereocenters. The normalized spacial score (nSPS) is 19.1. The fraction of sp³-hybridized carbons (Fsp3) is 0.550. The molecule has 3 rings (SSSR count). The monoisotopic (exact) mass is 406 g/mol. The van der Waals surface area contributed by atoms with Gasteiger partial charge in [-0.3, -0.25) is 0 Å². The summed E-state index contributed by atoms with van der Waals surface area (Å²) in [5.74, 6) is 5.93. The van der Waals surface area contributed by atoms with E-state index in [0.717, 1.165) is 19.3 Å². The third-order valence-corrected chi connectivity index (χ3v) is 7.50. The Bertz CT molecular complexity index is 879. The SMILES string of the molecule is CC#CCOC(=O)N1CCC2(CCN(S(=O)(=O)c3cccc(OC)c3)CC2)C1. The average Bonchev–Trinajstić information content (AvgIpc) is 3.12. The van der Waals surface area contributed by atoms with Crippen molar-refractivity contribution in [3.8, 4) is 17.6 Å². The van der Waals surface area contributed by atoms with Gasteiger partial charge in [0.2, 0.25) is 10.0 Å². The molecule has 0 saturated carbocycles. The Labute approximate surface area is 166 Å². The number of amides is 1. The molecule has 0 N–H and O–H groups in total. The molecule has 2 heterocycles. The predicted molar refractivity (Wildman–Crippen MR) is 104 cm³/mol. The van der Waals surface area contributed by atoms with Crippen LogP contribution in [0.25, 0.3) is 0 Å². The summed E-state index contributed by atoms with van der Waals surface area (Å²) < 4.78 is 37.7. The van der Waals surface area contributed by atoms with Crippen molar-refractivity contribution in [1.82, 2.24) is 9.21 Å². The van der Waals surface area contributed by atoms with E-state index in [1.807, 2.05) is 0 Å². The number of rotatable bonds is 4. The average molecular weight is 407 g/mol. The fourth-order valence-electron chi connectivity index (χ4n) is 3.87. The number of hydrogen-bond donors (Lipinski definition) is 0. The molecule has 1 amide bonds. The van der Waals surface area contributed by atoms with Crippen molar-refractivity contribution in [1.29, 1.82) is 0 Å². The van der Waals surface area contributed by atoms with Crippen LogP contribution in [0.2, 0.25) is 0 Å². The molecular weight excluding hydrogens is 380 g/mol. The van der Waals surface area contributed by atoms with Crippen molar-refractivity contribution in [3.63, 3.8) is 0 Å². The Hall–Kier alpha value is -2.24. The van der Waals surface area contributed by atoms with Gasteiger partial charge in [-0.25, -0.2) is 13.2 Å². The van der Waals surface area contributed by atoms with E-state index < -0.39 is 10.0 Å². The molecule has 2 fully saturated rings. The molecule has 2 aliphatic rings. The smallest absolute Gasteiger partial charge is 0.410 e. The zero-order chi connectivity index (χ0) is 20.2. The lowest BCUT2D eigenvalue weighted by Crippen LogP contribution is -2.44. The van der Waals surface area contributed by atoms with Gasteiger partial charge in [-0.05, 0) is 43.7 Å². The largest absolute Gasteiger partial charge is 0.497 e. The van der Waals surface area contributed by atoms with Gasteiger partial charge in [-0.2, -0.15) is 4.31 Å². The second-order valence-corrected chi connectivity index (χ2v) is 9.17. The maximum absolute atomic E-state index is 13.0. The van der Waals surface area contributed by atoms with Gasteiger partial charge in [0.05, 0.1) is 12.0 Å². The van der Waals surface area contributed by atoms with Gasteiger partial charge in [0, 0.05) is 32.2 Å². The molecule has 2 aliphatic heterocycles. The Morgan fingerprint density at radius 2 is 1.93 bits per heavy atom. The molecule has 0 unspecified atom stereocenters. The Morgan fingerprint density at radius 1 is 1.21 bits per heavy atom. The fourth-order valence-corrected chi connectivity index (χ4v) is 5.35. The van der Waals surface area contributed by atoms with Gasteiger partial charge < -0.3 is 14.4 Å². The Morgan fingerprint density at radius 3 is 2.61 bits per heavy atom. The lowest BCUT2D eigenvalue weighted by Gasteiger charge is -2.38. The molecule has 0 aromatic heterocycles. The first-order chi connectivity index (χ1) is 13.4. The predicted octanol–water partition coefficient (Wildman–Crippen LogP) is 2.33. The Balaban J connectivity index is 1.61. The maximum Gasteiger partial charge on any atom is 0.410 e. The molecule has 8 heteroatoms. The molecule has 0 bridgehead atoms. The number of piperidine rings is 1. The molecule has 1 aromatic carbocycles. The molecule has 7 nitrogen and oxygen atoms in total.